The predicted molar refractivity (Wildman–Crippen MR) is 109 cm³/mol. The molecule has 1 aliphatic rings. The van der Waals surface area contributed by atoms with Gasteiger partial charge in [-0.25, -0.2) is 0 Å². The van der Waals surface area contributed by atoms with Crippen LogP contribution in [0.2, 0.25) is 0 Å². The first-order valence-electron chi connectivity index (χ1n) is 9.17. The van der Waals surface area contributed by atoms with Crippen LogP contribution in [0, 0.1) is 0 Å². The van der Waals surface area contributed by atoms with Crippen molar-refractivity contribution >= 4 is 34.1 Å². The molecular formula is C19H26N4OS2. The molecule has 1 N–H and O–H groups in total. The molecule has 1 atom stereocenters. The number of hydrogen-bond donors (Lipinski definition) is 1. The van der Waals surface area contributed by atoms with Crippen LogP contribution in [0.3, 0.4) is 0 Å². The number of nitrogens with one attached hydrogen (secondary N) is 1. The van der Waals surface area contributed by atoms with Gasteiger partial charge in [0.25, 0.3) is 0 Å². The lowest BCUT2D eigenvalue weighted by molar-refractivity contribution is -0.129. The number of thioether (sulfide) groups is 1. The van der Waals surface area contributed by atoms with Gasteiger partial charge < -0.3 is 10.2 Å². The van der Waals surface area contributed by atoms with E-state index in [4.69, 9.17) is 0 Å². The van der Waals surface area contributed by atoms with Gasteiger partial charge in [-0.05, 0) is 25.3 Å². The first-order chi connectivity index (χ1) is 12.6. The fourth-order valence-electron chi connectivity index (χ4n) is 3.18. The maximum Gasteiger partial charge on any atom is 0.235 e. The Kier molecular flexibility index (Phi) is 6.91. The van der Waals surface area contributed by atoms with Gasteiger partial charge in [0.1, 0.15) is 0 Å². The summed E-state index contributed by atoms with van der Waals surface area (Å²) in [6, 6.07) is 10.6. The Morgan fingerprint density at radius 3 is 2.73 bits per heavy atom. The molecule has 1 amide bonds. The fourth-order valence-corrected chi connectivity index (χ4v) is 5.27. The Bertz CT molecular complexity index is 701. The number of rotatable bonds is 7. The molecule has 0 radical (unpaired) electrons. The molecule has 1 aromatic heterocycles. The van der Waals surface area contributed by atoms with Gasteiger partial charge in [0.05, 0.1) is 5.25 Å². The van der Waals surface area contributed by atoms with Crippen LogP contribution < -0.4 is 5.32 Å². The highest BCUT2D eigenvalue weighted by atomic mass is 32.2. The minimum atomic E-state index is -0.181. The minimum Gasteiger partial charge on any atom is -0.357 e. The number of aromatic nitrogens is 2. The number of anilines is 1. The zero-order valence-corrected chi connectivity index (χ0v) is 17.0. The normalized spacial score (nSPS) is 16.2. The van der Waals surface area contributed by atoms with Crippen LogP contribution in [-0.4, -0.2) is 39.3 Å². The second-order valence-electron chi connectivity index (χ2n) is 6.79. The Morgan fingerprint density at radius 2 is 2.00 bits per heavy atom. The number of hydrogen-bond acceptors (Lipinski definition) is 6. The number of nitrogens with zero attached hydrogens (tertiary/aromatic N) is 3. The third kappa shape index (κ3) is 5.45. The molecule has 5 nitrogen and oxygen atoms in total. The number of carbonyl (C=O) groups excluding carboxylic acids is 1. The van der Waals surface area contributed by atoms with E-state index in [9.17, 15) is 4.79 Å². The lowest BCUT2D eigenvalue weighted by atomic mass is 9.96. The fraction of sp³-hybridized carbons (Fsp3) is 0.526. The second-order valence-corrected chi connectivity index (χ2v) is 9.36. The van der Waals surface area contributed by atoms with Crippen LogP contribution >= 0.6 is 23.1 Å². The summed E-state index contributed by atoms with van der Waals surface area (Å²) in [5, 5.41) is 12.7. The molecule has 1 heterocycles. The summed E-state index contributed by atoms with van der Waals surface area (Å²) in [4.78, 5) is 14.4. The molecule has 1 aromatic carbocycles. The van der Waals surface area contributed by atoms with Gasteiger partial charge in [-0.2, -0.15) is 0 Å². The number of amides is 1. The van der Waals surface area contributed by atoms with Crippen molar-refractivity contribution in [2.24, 2.45) is 0 Å². The summed E-state index contributed by atoms with van der Waals surface area (Å²) in [5.41, 5.74) is 1.13. The van der Waals surface area contributed by atoms with Gasteiger partial charge in [0, 0.05) is 19.6 Å². The number of benzene rings is 1. The van der Waals surface area contributed by atoms with Crippen molar-refractivity contribution in [1.29, 1.82) is 0 Å². The van der Waals surface area contributed by atoms with E-state index < -0.39 is 0 Å². The molecule has 2 aromatic rings. The molecule has 140 valence electrons. The zero-order valence-electron chi connectivity index (χ0n) is 15.4. The van der Waals surface area contributed by atoms with Gasteiger partial charge in [-0.15, -0.1) is 10.2 Å². The molecule has 1 saturated carbocycles. The monoisotopic (exact) mass is 390 g/mol. The molecule has 1 aliphatic carbocycles. The van der Waals surface area contributed by atoms with Crippen molar-refractivity contribution in [3.05, 3.63) is 35.9 Å². The highest BCUT2D eigenvalue weighted by molar-refractivity contribution is 8.02. The van der Waals surface area contributed by atoms with E-state index in [2.05, 4.69) is 15.5 Å². The average molecular weight is 391 g/mol. The van der Waals surface area contributed by atoms with Crippen LogP contribution in [-0.2, 0) is 11.3 Å². The van der Waals surface area contributed by atoms with Crippen molar-refractivity contribution in [3.63, 3.8) is 0 Å². The summed E-state index contributed by atoms with van der Waals surface area (Å²) < 4.78 is 0.845. The highest BCUT2D eigenvalue weighted by Gasteiger charge is 2.21. The van der Waals surface area contributed by atoms with Crippen LogP contribution in [0.15, 0.2) is 34.7 Å². The molecule has 1 fully saturated rings. The summed E-state index contributed by atoms with van der Waals surface area (Å²) in [5.74, 6) is 0.107. The van der Waals surface area contributed by atoms with Crippen LogP contribution in [0.1, 0.15) is 44.6 Å². The van der Waals surface area contributed by atoms with E-state index in [1.54, 1.807) is 16.2 Å². The Labute approximate surface area is 163 Å². The van der Waals surface area contributed by atoms with E-state index in [1.807, 2.05) is 44.3 Å². The maximum absolute atomic E-state index is 12.6. The zero-order chi connectivity index (χ0) is 18.4. The van der Waals surface area contributed by atoms with Gasteiger partial charge in [-0.3, -0.25) is 4.79 Å². The first-order valence-corrected chi connectivity index (χ1v) is 10.9. The summed E-state index contributed by atoms with van der Waals surface area (Å²) >= 11 is 3.03. The predicted octanol–water partition coefficient (Wildman–Crippen LogP) is 4.42. The molecule has 3 rings (SSSR count). The average Bonchev–Trinajstić information content (AvgIpc) is 3.09. The lowest BCUT2D eigenvalue weighted by Gasteiger charge is -2.21. The first kappa shape index (κ1) is 19.2. The van der Waals surface area contributed by atoms with Crippen molar-refractivity contribution in [1.82, 2.24) is 15.1 Å². The van der Waals surface area contributed by atoms with E-state index in [0.29, 0.717) is 12.6 Å². The van der Waals surface area contributed by atoms with Crippen LogP contribution in [0.25, 0.3) is 0 Å². The third-order valence-corrected chi connectivity index (χ3v) is 6.63. The SMILES string of the molecule is CC(Sc1nnc(NC2CCCCC2)s1)C(=O)N(C)Cc1ccccc1. The Balaban J connectivity index is 1.50. The Morgan fingerprint density at radius 1 is 1.27 bits per heavy atom. The van der Waals surface area contributed by atoms with E-state index in [-0.39, 0.29) is 11.2 Å². The Hall–Kier alpha value is -1.60. The van der Waals surface area contributed by atoms with Crippen molar-refractivity contribution < 1.29 is 4.79 Å². The summed E-state index contributed by atoms with van der Waals surface area (Å²) in [7, 11) is 1.85. The standard InChI is InChI=1S/C19H26N4OS2/c1-14(17(24)23(2)13-15-9-5-3-6-10-15)25-19-22-21-18(26-19)20-16-11-7-4-8-12-16/h3,5-6,9-10,14,16H,4,7-8,11-13H2,1-2H3,(H,20,21). The van der Waals surface area contributed by atoms with Crippen molar-refractivity contribution in [2.75, 3.05) is 12.4 Å². The van der Waals surface area contributed by atoms with Crippen molar-refractivity contribution in [2.45, 2.75) is 61.2 Å². The molecule has 0 bridgehead atoms. The third-order valence-electron chi connectivity index (χ3n) is 4.60. The number of carbonyl (C=O) groups is 1. The second kappa shape index (κ2) is 9.37. The molecule has 1 unspecified atom stereocenters. The molecule has 7 heteroatoms. The summed E-state index contributed by atoms with van der Waals surface area (Å²) in [6.45, 7) is 2.55. The summed E-state index contributed by atoms with van der Waals surface area (Å²) in [6.07, 6.45) is 6.34. The van der Waals surface area contributed by atoms with Crippen molar-refractivity contribution in [3.8, 4) is 0 Å². The van der Waals surface area contributed by atoms with E-state index in [1.165, 1.54) is 43.9 Å². The molecular weight excluding hydrogens is 364 g/mol. The largest absolute Gasteiger partial charge is 0.357 e. The molecule has 0 aliphatic heterocycles. The van der Waals surface area contributed by atoms with Gasteiger partial charge in [-0.1, -0.05) is 72.7 Å². The van der Waals surface area contributed by atoms with E-state index >= 15 is 0 Å². The van der Waals surface area contributed by atoms with E-state index in [0.717, 1.165) is 15.0 Å². The quantitative estimate of drug-likeness (QED) is 0.709. The molecule has 0 saturated heterocycles. The highest BCUT2D eigenvalue weighted by Crippen LogP contribution is 2.31. The topological polar surface area (TPSA) is 58.1 Å². The van der Waals surface area contributed by atoms with Crippen LogP contribution in [0.4, 0.5) is 5.13 Å². The van der Waals surface area contributed by atoms with Gasteiger partial charge in [0.2, 0.25) is 11.0 Å². The lowest BCUT2D eigenvalue weighted by Crippen LogP contribution is -2.32. The van der Waals surface area contributed by atoms with Crippen LogP contribution in [0.5, 0.6) is 0 Å². The van der Waals surface area contributed by atoms with Gasteiger partial charge in [0.15, 0.2) is 4.34 Å². The smallest absolute Gasteiger partial charge is 0.235 e. The molecule has 26 heavy (non-hydrogen) atoms. The molecule has 0 spiro atoms. The minimum absolute atomic E-state index is 0.107. The maximum atomic E-state index is 12.6. The van der Waals surface area contributed by atoms with Gasteiger partial charge >= 0.3 is 0 Å².